The van der Waals surface area contributed by atoms with Crippen molar-refractivity contribution in [1.29, 1.82) is 0 Å². The van der Waals surface area contributed by atoms with Crippen molar-refractivity contribution in [3.63, 3.8) is 0 Å². The Balaban J connectivity index is 1.38. The fourth-order valence-electron chi connectivity index (χ4n) is 4.47. The third kappa shape index (κ3) is 4.73. The molecule has 7 heteroatoms. The molecule has 33 heavy (non-hydrogen) atoms. The summed E-state index contributed by atoms with van der Waals surface area (Å²) in [6.07, 6.45) is 0. The molecule has 2 heterocycles. The average Bonchev–Trinajstić information content (AvgIpc) is 3.33. The van der Waals surface area contributed by atoms with Crippen LogP contribution in [0.2, 0.25) is 0 Å². The van der Waals surface area contributed by atoms with Gasteiger partial charge in [-0.3, -0.25) is 4.90 Å². The smallest absolute Gasteiger partial charge is 0.173 e. The molecule has 1 saturated heterocycles. The van der Waals surface area contributed by atoms with Gasteiger partial charge in [0.05, 0.1) is 19.7 Å². The minimum atomic E-state index is 0.00271. The van der Waals surface area contributed by atoms with Crippen LogP contribution in [0.5, 0.6) is 5.75 Å². The number of nitrogens with zero attached hydrogens (tertiary/aromatic N) is 6. The summed E-state index contributed by atoms with van der Waals surface area (Å²) >= 11 is 0. The van der Waals surface area contributed by atoms with Gasteiger partial charge < -0.3 is 9.64 Å². The number of hydrogen-bond acceptors (Lipinski definition) is 6. The zero-order chi connectivity index (χ0) is 22.5. The first-order chi connectivity index (χ1) is 16.3. The molecule has 4 aromatic rings. The van der Waals surface area contributed by atoms with Crippen LogP contribution >= 0.6 is 0 Å². The van der Waals surface area contributed by atoms with E-state index in [1.165, 1.54) is 16.8 Å². The van der Waals surface area contributed by atoms with Gasteiger partial charge >= 0.3 is 0 Å². The van der Waals surface area contributed by atoms with Crippen molar-refractivity contribution in [1.82, 2.24) is 25.1 Å². The monoisotopic (exact) mass is 440 g/mol. The van der Waals surface area contributed by atoms with E-state index in [-0.39, 0.29) is 6.04 Å². The standard InChI is InChI=1S/C26H28N6O/c1-33-24-14-12-23(13-15-24)30-16-18-31(19-17-30)25(22-10-6-3-7-11-22)26-27-28-29-32(26)20-21-8-4-2-5-9-21/h2-15,25H,16-20H2,1H3/t25-/m0/s1. The second kappa shape index (κ2) is 9.83. The third-order valence-electron chi connectivity index (χ3n) is 6.21. The number of benzene rings is 3. The normalized spacial score (nSPS) is 15.4. The first kappa shape index (κ1) is 21.2. The van der Waals surface area contributed by atoms with Crippen molar-refractivity contribution < 1.29 is 4.74 Å². The Morgan fingerprint density at radius 3 is 2.15 bits per heavy atom. The van der Waals surface area contributed by atoms with Crippen molar-refractivity contribution in [3.8, 4) is 5.75 Å². The van der Waals surface area contributed by atoms with E-state index in [2.05, 4.69) is 79.9 Å². The lowest BCUT2D eigenvalue weighted by Gasteiger charge is -2.40. The molecule has 0 amide bonds. The maximum absolute atomic E-state index is 5.30. The number of hydrogen-bond donors (Lipinski definition) is 0. The van der Waals surface area contributed by atoms with Gasteiger partial charge in [0.1, 0.15) is 5.75 Å². The minimum Gasteiger partial charge on any atom is -0.497 e. The van der Waals surface area contributed by atoms with Gasteiger partial charge in [-0.25, -0.2) is 4.68 Å². The van der Waals surface area contributed by atoms with Crippen molar-refractivity contribution in [2.75, 3.05) is 38.2 Å². The molecule has 7 nitrogen and oxygen atoms in total. The van der Waals surface area contributed by atoms with Crippen LogP contribution in [0.4, 0.5) is 5.69 Å². The number of rotatable bonds is 7. The predicted octanol–water partition coefficient (Wildman–Crippen LogP) is 3.64. The van der Waals surface area contributed by atoms with Gasteiger partial charge in [-0.05, 0) is 45.8 Å². The number of anilines is 1. The Kier molecular flexibility index (Phi) is 6.30. The molecular weight excluding hydrogens is 412 g/mol. The summed E-state index contributed by atoms with van der Waals surface area (Å²) in [5.41, 5.74) is 3.61. The van der Waals surface area contributed by atoms with Gasteiger partial charge in [-0.15, -0.1) is 5.10 Å². The van der Waals surface area contributed by atoms with Gasteiger partial charge in [-0.1, -0.05) is 60.7 Å². The highest BCUT2D eigenvalue weighted by atomic mass is 16.5. The number of ether oxygens (including phenoxy) is 1. The second-order valence-electron chi connectivity index (χ2n) is 8.21. The maximum Gasteiger partial charge on any atom is 0.173 e. The predicted molar refractivity (Wildman–Crippen MR) is 128 cm³/mol. The van der Waals surface area contributed by atoms with Gasteiger partial charge in [0.25, 0.3) is 0 Å². The average molecular weight is 441 g/mol. The molecule has 0 N–H and O–H groups in total. The highest BCUT2D eigenvalue weighted by Gasteiger charge is 2.30. The molecule has 0 spiro atoms. The van der Waals surface area contributed by atoms with Gasteiger partial charge in [-0.2, -0.15) is 0 Å². The summed E-state index contributed by atoms with van der Waals surface area (Å²) in [5, 5.41) is 12.9. The van der Waals surface area contributed by atoms with Crippen LogP contribution in [0.3, 0.4) is 0 Å². The summed E-state index contributed by atoms with van der Waals surface area (Å²) in [6, 6.07) is 29.2. The lowest BCUT2D eigenvalue weighted by atomic mass is 10.0. The number of methoxy groups -OCH3 is 1. The highest BCUT2D eigenvalue weighted by molar-refractivity contribution is 5.49. The number of aromatic nitrogens is 4. The third-order valence-corrected chi connectivity index (χ3v) is 6.21. The Morgan fingerprint density at radius 2 is 1.48 bits per heavy atom. The van der Waals surface area contributed by atoms with E-state index in [1.807, 2.05) is 35.0 Å². The Labute approximate surface area is 194 Å². The van der Waals surface area contributed by atoms with Crippen LogP contribution in [0.1, 0.15) is 23.0 Å². The summed E-state index contributed by atoms with van der Waals surface area (Å²) in [7, 11) is 1.70. The van der Waals surface area contributed by atoms with E-state index >= 15 is 0 Å². The summed E-state index contributed by atoms with van der Waals surface area (Å²) in [4.78, 5) is 4.91. The van der Waals surface area contributed by atoms with E-state index in [1.54, 1.807) is 7.11 Å². The van der Waals surface area contributed by atoms with E-state index < -0.39 is 0 Å². The summed E-state index contributed by atoms with van der Waals surface area (Å²) in [6.45, 7) is 4.37. The quantitative estimate of drug-likeness (QED) is 0.437. The van der Waals surface area contributed by atoms with Crippen molar-refractivity contribution in [3.05, 3.63) is 102 Å². The Morgan fingerprint density at radius 1 is 0.818 bits per heavy atom. The fourth-order valence-corrected chi connectivity index (χ4v) is 4.47. The molecule has 168 valence electrons. The summed E-state index contributed by atoms with van der Waals surface area (Å²) in [5.74, 6) is 1.76. The number of piperazine rings is 1. The Bertz CT molecular complexity index is 1140. The molecule has 5 rings (SSSR count). The van der Waals surface area contributed by atoms with E-state index in [0.29, 0.717) is 6.54 Å². The molecular formula is C26H28N6O. The molecule has 0 radical (unpaired) electrons. The van der Waals surface area contributed by atoms with E-state index in [0.717, 1.165) is 37.8 Å². The first-order valence-corrected chi connectivity index (χ1v) is 11.3. The molecule has 1 fully saturated rings. The molecule has 0 bridgehead atoms. The highest BCUT2D eigenvalue weighted by Crippen LogP contribution is 2.29. The molecule has 3 aromatic carbocycles. The lowest BCUT2D eigenvalue weighted by molar-refractivity contribution is 0.201. The molecule has 0 saturated carbocycles. The fraction of sp³-hybridized carbons (Fsp3) is 0.269. The number of tetrazole rings is 1. The Hall–Kier alpha value is -3.71. The molecule has 1 aliphatic rings. The first-order valence-electron chi connectivity index (χ1n) is 11.3. The topological polar surface area (TPSA) is 59.3 Å². The van der Waals surface area contributed by atoms with Crippen LogP contribution < -0.4 is 9.64 Å². The van der Waals surface area contributed by atoms with E-state index in [4.69, 9.17) is 4.74 Å². The van der Waals surface area contributed by atoms with Crippen LogP contribution in [0.25, 0.3) is 0 Å². The zero-order valence-electron chi connectivity index (χ0n) is 18.8. The molecule has 1 atom stereocenters. The van der Waals surface area contributed by atoms with Gasteiger partial charge in [0.2, 0.25) is 0 Å². The van der Waals surface area contributed by atoms with Crippen molar-refractivity contribution in [2.45, 2.75) is 12.6 Å². The summed E-state index contributed by atoms with van der Waals surface area (Å²) < 4.78 is 7.23. The molecule has 0 aliphatic carbocycles. The minimum absolute atomic E-state index is 0.00271. The van der Waals surface area contributed by atoms with Crippen LogP contribution in [0.15, 0.2) is 84.9 Å². The van der Waals surface area contributed by atoms with Crippen LogP contribution in [-0.2, 0) is 6.54 Å². The van der Waals surface area contributed by atoms with Crippen molar-refractivity contribution in [2.24, 2.45) is 0 Å². The molecule has 0 unspecified atom stereocenters. The zero-order valence-corrected chi connectivity index (χ0v) is 18.8. The van der Waals surface area contributed by atoms with Crippen molar-refractivity contribution >= 4 is 5.69 Å². The van der Waals surface area contributed by atoms with Crippen LogP contribution in [0, 0.1) is 0 Å². The SMILES string of the molecule is COc1ccc(N2CCN([C@@H](c3ccccc3)c3nnnn3Cc3ccccc3)CC2)cc1. The maximum atomic E-state index is 5.30. The van der Waals surface area contributed by atoms with E-state index in [9.17, 15) is 0 Å². The molecule has 1 aliphatic heterocycles. The van der Waals surface area contributed by atoms with Crippen LogP contribution in [-0.4, -0.2) is 58.4 Å². The lowest BCUT2D eigenvalue weighted by Crippen LogP contribution is -2.48. The van der Waals surface area contributed by atoms with Gasteiger partial charge in [0.15, 0.2) is 5.82 Å². The van der Waals surface area contributed by atoms with Gasteiger partial charge in [0, 0.05) is 31.9 Å². The second-order valence-corrected chi connectivity index (χ2v) is 8.21. The molecule has 1 aromatic heterocycles. The largest absolute Gasteiger partial charge is 0.497 e.